The van der Waals surface area contributed by atoms with E-state index in [-0.39, 0.29) is 22.6 Å². The van der Waals surface area contributed by atoms with E-state index in [0.717, 1.165) is 5.56 Å². The topological polar surface area (TPSA) is 91.3 Å². The fourth-order valence-electron chi connectivity index (χ4n) is 3.53. The maximum atomic E-state index is 12.9. The van der Waals surface area contributed by atoms with Gasteiger partial charge in [0, 0.05) is 17.7 Å². The zero-order valence-corrected chi connectivity index (χ0v) is 19.0. The number of aromatic hydroxyl groups is 1. The van der Waals surface area contributed by atoms with Gasteiger partial charge in [-0.15, -0.1) is 0 Å². The quantitative estimate of drug-likeness (QED) is 0.364. The molecule has 3 aromatic rings. The fourth-order valence-corrected chi connectivity index (χ4v) is 3.53. The van der Waals surface area contributed by atoms with E-state index in [0.29, 0.717) is 35.7 Å². The standard InChI is InChI=1S/C26H26O7/c1-30-20-8-7-17(23(14-20)32-3)6-5-16-11-18(13-19(27)12-16)25(28)26(29)22-10-9-21(31-2)15-24(22)33-4/h7-15,27H,5-6H2,1-4H3. The summed E-state index contributed by atoms with van der Waals surface area (Å²) < 4.78 is 21.0. The van der Waals surface area contributed by atoms with Crippen LogP contribution < -0.4 is 18.9 Å². The number of Topliss-reactive ketones (excluding diaryl/α,β-unsaturated/α-hetero) is 2. The summed E-state index contributed by atoms with van der Waals surface area (Å²) in [5.74, 6) is 0.553. The van der Waals surface area contributed by atoms with Crippen molar-refractivity contribution in [2.45, 2.75) is 12.8 Å². The first-order valence-electron chi connectivity index (χ1n) is 10.2. The van der Waals surface area contributed by atoms with Crippen LogP contribution >= 0.6 is 0 Å². The average Bonchev–Trinajstić information content (AvgIpc) is 2.85. The molecular formula is C26H26O7. The Kier molecular flexibility index (Phi) is 7.56. The molecule has 0 amide bonds. The van der Waals surface area contributed by atoms with Gasteiger partial charge in [-0.1, -0.05) is 6.07 Å². The number of ether oxygens (including phenoxy) is 4. The zero-order valence-electron chi connectivity index (χ0n) is 19.0. The summed E-state index contributed by atoms with van der Waals surface area (Å²) in [4.78, 5) is 25.8. The van der Waals surface area contributed by atoms with Gasteiger partial charge in [0.2, 0.25) is 11.6 Å². The summed E-state index contributed by atoms with van der Waals surface area (Å²) in [5, 5.41) is 10.2. The van der Waals surface area contributed by atoms with E-state index < -0.39 is 11.6 Å². The highest BCUT2D eigenvalue weighted by atomic mass is 16.5. The van der Waals surface area contributed by atoms with Crippen molar-refractivity contribution in [3.8, 4) is 28.7 Å². The molecule has 0 saturated heterocycles. The van der Waals surface area contributed by atoms with Gasteiger partial charge >= 0.3 is 0 Å². The number of benzene rings is 3. The molecule has 0 radical (unpaired) electrons. The second-order valence-electron chi connectivity index (χ2n) is 7.29. The van der Waals surface area contributed by atoms with E-state index in [2.05, 4.69) is 0 Å². The van der Waals surface area contributed by atoms with Crippen molar-refractivity contribution in [1.29, 1.82) is 0 Å². The molecule has 0 fully saturated rings. The molecule has 0 aliphatic heterocycles. The molecule has 3 rings (SSSR count). The molecule has 172 valence electrons. The van der Waals surface area contributed by atoms with E-state index in [4.69, 9.17) is 18.9 Å². The summed E-state index contributed by atoms with van der Waals surface area (Å²) in [6, 6.07) is 14.6. The van der Waals surface area contributed by atoms with E-state index in [1.807, 2.05) is 12.1 Å². The minimum absolute atomic E-state index is 0.0907. The molecule has 0 atom stereocenters. The van der Waals surface area contributed by atoms with Crippen LogP contribution in [-0.4, -0.2) is 45.1 Å². The largest absolute Gasteiger partial charge is 0.508 e. The molecule has 33 heavy (non-hydrogen) atoms. The molecule has 1 N–H and O–H groups in total. The van der Waals surface area contributed by atoms with Gasteiger partial charge in [0.25, 0.3) is 0 Å². The molecule has 7 heteroatoms. The Balaban J connectivity index is 1.83. The van der Waals surface area contributed by atoms with Crippen LogP contribution in [0.1, 0.15) is 31.8 Å². The number of hydrogen-bond acceptors (Lipinski definition) is 7. The van der Waals surface area contributed by atoms with E-state index in [1.165, 1.54) is 32.4 Å². The maximum Gasteiger partial charge on any atom is 0.237 e. The van der Waals surface area contributed by atoms with E-state index in [1.54, 1.807) is 38.5 Å². The second kappa shape index (κ2) is 10.5. The number of phenolic OH excluding ortho intramolecular Hbond substituents is 1. The van der Waals surface area contributed by atoms with Gasteiger partial charge in [0.15, 0.2) is 0 Å². The van der Waals surface area contributed by atoms with Crippen molar-refractivity contribution in [3.05, 3.63) is 76.9 Å². The fraction of sp³-hybridized carbons (Fsp3) is 0.231. The minimum Gasteiger partial charge on any atom is -0.508 e. The average molecular weight is 450 g/mol. The highest BCUT2D eigenvalue weighted by Crippen LogP contribution is 2.28. The summed E-state index contributed by atoms with van der Waals surface area (Å²) in [5.41, 5.74) is 1.89. The summed E-state index contributed by atoms with van der Waals surface area (Å²) in [7, 11) is 6.08. The number of hydrogen-bond donors (Lipinski definition) is 1. The molecule has 0 saturated carbocycles. The Hall–Kier alpha value is -4.00. The lowest BCUT2D eigenvalue weighted by Crippen LogP contribution is -2.16. The monoisotopic (exact) mass is 450 g/mol. The van der Waals surface area contributed by atoms with Crippen LogP contribution in [0.25, 0.3) is 0 Å². The summed E-state index contributed by atoms with van der Waals surface area (Å²) in [6.45, 7) is 0. The van der Waals surface area contributed by atoms with Gasteiger partial charge < -0.3 is 24.1 Å². The number of ketones is 2. The van der Waals surface area contributed by atoms with Crippen LogP contribution in [0.15, 0.2) is 54.6 Å². The third-order valence-corrected chi connectivity index (χ3v) is 5.28. The zero-order chi connectivity index (χ0) is 24.0. The molecule has 0 heterocycles. The Bertz CT molecular complexity index is 1170. The molecule has 0 bridgehead atoms. The van der Waals surface area contributed by atoms with Gasteiger partial charge in [-0.3, -0.25) is 9.59 Å². The van der Waals surface area contributed by atoms with Crippen molar-refractivity contribution in [3.63, 3.8) is 0 Å². The van der Waals surface area contributed by atoms with Crippen LogP contribution in [0.3, 0.4) is 0 Å². The molecule has 3 aromatic carbocycles. The number of phenols is 1. The van der Waals surface area contributed by atoms with Gasteiger partial charge in [-0.05, 0) is 60.4 Å². The van der Waals surface area contributed by atoms with Crippen LogP contribution in [0.5, 0.6) is 28.7 Å². The highest BCUT2D eigenvalue weighted by Gasteiger charge is 2.23. The first-order chi connectivity index (χ1) is 15.9. The van der Waals surface area contributed by atoms with E-state index in [9.17, 15) is 14.7 Å². The molecule has 0 aliphatic rings. The van der Waals surface area contributed by atoms with Crippen LogP contribution in [-0.2, 0) is 12.8 Å². The Morgan fingerprint density at radius 3 is 1.97 bits per heavy atom. The molecule has 0 spiro atoms. The molecule has 0 unspecified atom stereocenters. The Morgan fingerprint density at radius 1 is 0.697 bits per heavy atom. The number of carbonyl (C=O) groups is 2. The first kappa shape index (κ1) is 23.7. The van der Waals surface area contributed by atoms with Crippen molar-refractivity contribution >= 4 is 11.6 Å². The molecule has 0 aliphatic carbocycles. The predicted molar refractivity (Wildman–Crippen MR) is 123 cm³/mol. The lowest BCUT2D eigenvalue weighted by atomic mass is 9.96. The lowest BCUT2D eigenvalue weighted by Gasteiger charge is -2.12. The highest BCUT2D eigenvalue weighted by molar-refractivity contribution is 6.49. The Labute approximate surface area is 192 Å². The minimum atomic E-state index is -0.738. The molecular weight excluding hydrogens is 424 g/mol. The van der Waals surface area contributed by atoms with Gasteiger partial charge in [0.1, 0.15) is 28.7 Å². The van der Waals surface area contributed by atoms with Gasteiger partial charge in [0.05, 0.1) is 34.0 Å². The first-order valence-corrected chi connectivity index (χ1v) is 10.2. The molecule has 0 aromatic heterocycles. The van der Waals surface area contributed by atoms with Crippen molar-refractivity contribution < 1.29 is 33.6 Å². The van der Waals surface area contributed by atoms with Crippen LogP contribution in [0, 0.1) is 0 Å². The Morgan fingerprint density at radius 2 is 1.33 bits per heavy atom. The number of carbonyl (C=O) groups excluding carboxylic acids is 2. The summed E-state index contributed by atoms with van der Waals surface area (Å²) in [6.07, 6.45) is 1.13. The third-order valence-electron chi connectivity index (χ3n) is 5.28. The van der Waals surface area contributed by atoms with Crippen molar-refractivity contribution in [2.75, 3.05) is 28.4 Å². The van der Waals surface area contributed by atoms with Crippen molar-refractivity contribution in [1.82, 2.24) is 0 Å². The second-order valence-corrected chi connectivity index (χ2v) is 7.29. The number of rotatable bonds is 10. The van der Waals surface area contributed by atoms with Crippen LogP contribution in [0.4, 0.5) is 0 Å². The number of aryl methyl sites for hydroxylation is 2. The van der Waals surface area contributed by atoms with Crippen molar-refractivity contribution in [2.24, 2.45) is 0 Å². The summed E-state index contributed by atoms with van der Waals surface area (Å²) >= 11 is 0. The van der Waals surface area contributed by atoms with Gasteiger partial charge in [-0.2, -0.15) is 0 Å². The lowest BCUT2D eigenvalue weighted by molar-refractivity contribution is 0.0815. The molecule has 7 nitrogen and oxygen atoms in total. The van der Waals surface area contributed by atoms with Gasteiger partial charge in [-0.25, -0.2) is 0 Å². The number of methoxy groups -OCH3 is 4. The van der Waals surface area contributed by atoms with Crippen LogP contribution in [0.2, 0.25) is 0 Å². The maximum absolute atomic E-state index is 12.9. The van der Waals surface area contributed by atoms with E-state index >= 15 is 0 Å². The SMILES string of the molecule is COc1ccc(CCc2cc(O)cc(C(=O)C(=O)c3ccc(OC)cc3OC)c2)c(OC)c1. The smallest absolute Gasteiger partial charge is 0.237 e. The predicted octanol–water partition coefficient (Wildman–Crippen LogP) is 4.28. The normalized spacial score (nSPS) is 10.4. The third kappa shape index (κ3) is 5.44.